The second-order valence-electron chi connectivity index (χ2n) is 7.54. The van der Waals surface area contributed by atoms with E-state index in [1.54, 1.807) is 0 Å². The Kier molecular flexibility index (Phi) is 4.96. The smallest absolute Gasteiger partial charge is 0.282 e. The number of anilines is 2. The maximum absolute atomic E-state index is 13.4. The normalized spacial score (nSPS) is 13.9. The maximum atomic E-state index is 13.4. The monoisotopic (exact) mass is 400 g/mol. The molecule has 4 rings (SSSR count). The van der Waals surface area contributed by atoms with E-state index >= 15 is 0 Å². The zero-order valence-corrected chi connectivity index (χ0v) is 17.0. The SMILES string of the molecule is Cc1ccc(C2=C(Nc3ccc(F)cc3)C(=O)N(c3cc(C)cc(C)c3)C2=O)cc1. The van der Waals surface area contributed by atoms with Crippen molar-refractivity contribution in [2.75, 3.05) is 10.2 Å². The fourth-order valence-corrected chi connectivity index (χ4v) is 3.63. The minimum absolute atomic E-state index is 0.176. The summed E-state index contributed by atoms with van der Waals surface area (Å²) >= 11 is 0. The Hall–Kier alpha value is -3.73. The van der Waals surface area contributed by atoms with Gasteiger partial charge in [-0.25, -0.2) is 9.29 Å². The Bertz CT molecular complexity index is 1160. The highest BCUT2D eigenvalue weighted by Gasteiger charge is 2.40. The Morgan fingerprint density at radius 2 is 1.33 bits per heavy atom. The molecule has 5 heteroatoms. The van der Waals surface area contributed by atoms with Crippen LogP contribution in [0.3, 0.4) is 0 Å². The summed E-state index contributed by atoms with van der Waals surface area (Å²) in [6.07, 6.45) is 0. The lowest BCUT2D eigenvalue weighted by molar-refractivity contribution is -0.120. The van der Waals surface area contributed by atoms with Gasteiger partial charge in [-0.1, -0.05) is 35.9 Å². The third-order valence-corrected chi connectivity index (χ3v) is 5.00. The molecule has 0 atom stereocenters. The number of hydrogen-bond acceptors (Lipinski definition) is 3. The van der Waals surface area contributed by atoms with Gasteiger partial charge < -0.3 is 5.32 Å². The Labute approximate surface area is 174 Å². The van der Waals surface area contributed by atoms with Crippen LogP contribution in [-0.4, -0.2) is 11.8 Å². The molecule has 0 saturated carbocycles. The molecule has 0 spiro atoms. The summed E-state index contributed by atoms with van der Waals surface area (Å²) < 4.78 is 13.3. The predicted octanol–water partition coefficient (Wildman–Crippen LogP) is 5.15. The first-order valence-electron chi connectivity index (χ1n) is 9.64. The van der Waals surface area contributed by atoms with E-state index in [1.807, 2.05) is 63.2 Å². The molecule has 4 nitrogen and oxygen atoms in total. The fraction of sp³-hybridized carbons (Fsp3) is 0.120. The predicted molar refractivity (Wildman–Crippen MR) is 117 cm³/mol. The maximum Gasteiger partial charge on any atom is 0.282 e. The van der Waals surface area contributed by atoms with Crippen LogP contribution in [0.1, 0.15) is 22.3 Å². The van der Waals surface area contributed by atoms with Gasteiger partial charge in [0.1, 0.15) is 11.5 Å². The van der Waals surface area contributed by atoms with Gasteiger partial charge in [0, 0.05) is 5.69 Å². The molecular weight excluding hydrogens is 379 g/mol. The van der Waals surface area contributed by atoms with Crippen LogP contribution in [0.4, 0.5) is 15.8 Å². The molecule has 2 amide bonds. The van der Waals surface area contributed by atoms with Gasteiger partial charge >= 0.3 is 0 Å². The van der Waals surface area contributed by atoms with E-state index in [0.29, 0.717) is 22.5 Å². The van der Waals surface area contributed by atoms with E-state index in [-0.39, 0.29) is 11.5 Å². The van der Waals surface area contributed by atoms with Crippen LogP contribution >= 0.6 is 0 Å². The van der Waals surface area contributed by atoms with E-state index < -0.39 is 11.8 Å². The number of benzene rings is 3. The molecule has 0 aromatic heterocycles. The molecule has 3 aromatic carbocycles. The molecule has 1 aliphatic rings. The lowest BCUT2D eigenvalue weighted by Gasteiger charge is -2.17. The van der Waals surface area contributed by atoms with Crippen LogP contribution in [0.25, 0.3) is 5.57 Å². The summed E-state index contributed by atoms with van der Waals surface area (Å²) in [4.78, 5) is 28.0. The Balaban J connectivity index is 1.83. The van der Waals surface area contributed by atoms with E-state index in [2.05, 4.69) is 5.32 Å². The van der Waals surface area contributed by atoms with E-state index in [1.165, 1.54) is 29.2 Å². The largest absolute Gasteiger partial charge is 0.350 e. The van der Waals surface area contributed by atoms with Crippen LogP contribution in [-0.2, 0) is 9.59 Å². The molecule has 0 saturated heterocycles. The summed E-state index contributed by atoms with van der Waals surface area (Å²) in [5.74, 6) is -1.21. The second kappa shape index (κ2) is 7.59. The number of halogens is 1. The quantitative estimate of drug-likeness (QED) is 0.617. The molecule has 30 heavy (non-hydrogen) atoms. The number of hydrogen-bond donors (Lipinski definition) is 1. The Morgan fingerprint density at radius 1 is 0.733 bits per heavy atom. The molecule has 0 fully saturated rings. The first-order valence-corrected chi connectivity index (χ1v) is 9.64. The van der Waals surface area contributed by atoms with E-state index in [4.69, 9.17) is 0 Å². The number of nitrogens with zero attached hydrogens (tertiary/aromatic N) is 1. The first kappa shape index (κ1) is 19.6. The number of imide groups is 1. The van der Waals surface area contributed by atoms with Crippen molar-refractivity contribution in [1.29, 1.82) is 0 Å². The summed E-state index contributed by atoms with van der Waals surface area (Å²) in [5, 5.41) is 3.04. The lowest BCUT2D eigenvalue weighted by Crippen LogP contribution is -2.32. The average Bonchev–Trinajstić information content (AvgIpc) is 2.93. The Morgan fingerprint density at radius 3 is 1.93 bits per heavy atom. The van der Waals surface area contributed by atoms with Crippen molar-refractivity contribution in [1.82, 2.24) is 0 Å². The van der Waals surface area contributed by atoms with Crippen LogP contribution in [0, 0.1) is 26.6 Å². The van der Waals surface area contributed by atoms with Crippen molar-refractivity contribution in [2.45, 2.75) is 20.8 Å². The highest BCUT2D eigenvalue weighted by Crippen LogP contribution is 2.34. The molecule has 1 aliphatic heterocycles. The molecule has 0 unspecified atom stereocenters. The third kappa shape index (κ3) is 3.62. The number of carbonyl (C=O) groups is 2. The standard InChI is InChI=1S/C25H21FN2O2/c1-15-4-6-18(7-5-15)22-23(27-20-10-8-19(26)9-11-20)25(30)28(24(22)29)21-13-16(2)12-17(3)14-21/h4-14,27H,1-3H3. The highest BCUT2D eigenvalue weighted by atomic mass is 19.1. The molecule has 0 aliphatic carbocycles. The van der Waals surface area contributed by atoms with E-state index in [9.17, 15) is 14.0 Å². The lowest BCUT2D eigenvalue weighted by atomic mass is 10.0. The number of nitrogens with one attached hydrogen (secondary N) is 1. The van der Waals surface area contributed by atoms with Crippen molar-refractivity contribution in [3.8, 4) is 0 Å². The van der Waals surface area contributed by atoms with Crippen molar-refractivity contribution in [2.24, 2.45) is 0 Å². The molecule has 1 heterocycles. The summed E-state index contributed by atoms with van der Waals surface area (Å²) in [7, 11) is 0. The molecule has 0 bridgehead atoms. The zero-order chi connectivity index (χ0) is 21.4. The molecule has 0 radical (unpaired) electrons. The van der Waals surface area contributed by atoms with Gasteiger partial charge in [0.15, 0.2) is 0 Å². The third-order valence-electron chi connectivity index (χ3n) is 5.00. The first-order chi connectivity index (χ1) is 14.3. The van der Waals surface area contributed by atoms with Crippen molar-refractivity contribution >= 4 is 28.8 Å². The summed E-state index contributed by atoms with van der Waals surface area (Å²) in [6, 6.07) is 18.7. The van der Waals surface area contributed by atoms with Crippen LogP contribution in [0.5, 0.6) is 0 Å². The highest BCUT2D eigenvalue weighted by molar-refractivity contribution is 6.46. The van der Waals surface area contributed by atoms with Gasteiger partial charge in [0.05, 0.1) is 11.3 Å². The van der Waals surface area contributed by atoms with Crippen LogP contribution in [0.15, 0.2) is 72.4 Å². The minimum atomic E-state index is -0.440. The number of carbonyl (C=O) groups excluding carboxylic acids is 2. The topological polar surface area (TPSA) is 49.4 Å². The van der Waals surface area contributed by atoms with Crippen molar-refractivity contribution in [3.63, 3.8) is 0 Å². The number of rotatable bonds is 4. The average molecular weight is 400 g/mol. The number of aryl methyl sites for hydroxylation is 3. The molecule has 150 valence electrons. The molecule has 3 aromatic rings. The second-order valence-corrected chi connectivity index (χ2v) is 7.54. The van der Waals surface area contributed by atoms with Gasteiger partial charge in [0.25, 0.3) is 11.8 Å². The van der Waals surface area contributed by atoms with Gasteiger partial charge in [-0.2, -0.15) is 0 Å². The van der Waals surface area contributed by atoms with Crippen LogP contribution < -0.4 is 10.2 Å². The van der Waals surface area contributed by atoms with Crippen molar-refractivity contribution in [3.05, 3.63) is 100 Å². The molecule has 1 N–H and O–H groups in total. The van der Waals surface area contributed by atoms with Gasteiger partial charge in [-0.15, -0.1) is 0 Å². The van der Waals surface area contributed by atoms with Crippen molar-refractivity contribution < 1.29 is 14.0 Å². The zero-order valence-electron chi connectivity index (χ0n) is 17.0. The van der Waals surface area contributed by atoms with Gasteiger partial charge in [-0.3, -0.25) is 9.59 Å². The van der Waals surface area contributed by atoms with E-state index in [0.717, 1.165) is 16.7 Å². The summed E-state index contributed by atoms with van der Waals surface area (Å²) in [6.45, 7) is 5.81. The number of amides is 2. The summed E-state index contributed by atoms with van der Waals surface area (Å²) in [5.41, 5.74) is 5.15. The van der Waals surface area contributed by atoms with Gasteiger partial charge in [0.2, 0.25) is 0 Å². The van der Waals surface area contributed by atoms with Gasteiger partial charge in [-0.05, 0) is 73.9 Å². The van der Waals surface area contributed by atoms with Crippen LogP contribution in [0.2, 0.25) is 0 Å². The molecular formula is C25H21FN2O2. The fourth-order valence-electron chi connectivity index (χ4n) is 3.63. The minimum Gasteiger partial charge on any atom is -0.350 e.